The second kappa shape index (κ2) is 3.87. The van der Waals surface area contributed by atoms with Crippen LogP contribution in [0.4, 0.5) is 0 Å². The molecule has 2 nitrogen and oxygen atoms in total. The average Bonchev–Trinajstić information content (AvgIpc) is 3.11. The molecule has 1 N–H and O–H groups in total. The summed E-state index contributed by atoms with van der Waals surface area (Å²) in [6.45, 7) is 4.95. The van der Waals surface area contributed by atoms with Gasteiger partial charge in [-0.2, -0.15) is 0 Å². The van der Waals surface area contributed by atoms with E-state index in [0.29, 0.717) is 11.5 Å². The Kier molecular flexibility index (Phi) is 2.46. The lowest BCUT2D eigenvalue weighted by Crippen LogP contribution is -2.57. The fourth-order valence-electron chi connectivity index (χ4n) is 7.72. The summed E-state index contributed by atoms with van der Waals surface area (Å²) in [5.41, 5.74) is 0.936. The summed E-state index contributed by atoms with van der Waals surface area (Å²) in [7, 11) is 0. The van der Waals surface area contributed by atoms with E-state index in [1.807, 2.05) is 0 Å². The first kappa shape index (κ1) is 13.4. The maximum absolute atomic E-state index is 10.5. The van der Waals surface area contributed by atoms with Gasteiger partial charge in [0.05, 0.1) is 12.2 Å². The van der Waals surface area contributed by atoms with E-state index in [1.54, 1.807) is 0 Å². The van der Waals surface area contributed by atoms with Crippen molar-refractivity contribution in [3.8, 4) is 0 Å². The van der Waals surface area contributed by atoms with Crippen molar-refractivity contribution in [3.63, 3.8) is 0 Å². The van der Waals surface area contributed by atoms with Gasteiger partial charge in [0.2, 0.25) is 0 Å². The van der Waals surface area contributed by atoms with Crippen molar-refractivity contribution < 1.29 is 9.84 Å². The van der Waals surface area contributed by atoms with Crippen LogP contribution in [0.5, 0.6) is 0 Å². The Bertz CT molecular complexity index is 476. The summed E-state index contributed by atoms with van der Waals surface area (Å²) in [5, 5.41) is 10.5. The molecule has 0 aromatic carbocycles. The van der Waals surface area contributed by atoms with E-state index in [2.05, 4.69) is 13.8 Å². The lowest BCUT2D eigenvalue weighted by Gasteiger charge is -2.59. The van der Waals surface area contributed by atoms with Crippen LogP contribution in [0.15, 0.2) is 0 Å². The molecule has 1 heterocycles. The predicted molar refractivity (Wildman–Crippen MR) is 81.8 cm³/mol. The molecule has 1 aliphatic heterocycles. The largest absolute Gasteiger partial charge is 0.393 e. The highest BCUT2D eigenvalue weighted by Gasteiger charge is 2.73. The van der Waals surface area contributed by atoms with Crippen molar-refractivity contribution in [2.75, 3.05) is 0 Å². The smallest absolute Gasteiger partial charge is 0.100 e. The lowest BCUT2D eigenvalue weighted by molar-refractivity contribution is -0.121. The number of epoxide rings is 1. The fraction of sp³-hybridized carbons (Fsp3) is 1.00. The number of hydrogen-bond acceptors (Lipinski definition) is 2. The van der Waals surface area contributed by atoms with Crippen LogP contribution in [0.1, 0.15) is 71.6 Å². The first-order chi connectivity index (χ1) is 10.0. The summed E-state index contributed by atoms with van der Waals surface area (Å²) in [6, 6.07) is 0. The minimum atomic E-state index is -0.0385. The molecule has 8 atom stereocenters. The molecule has 2 heteroatoms. The normalized spacial score (nSPS) is 65.0. The Labute approximate surface area is 128 Å². The van der Waals surface area contributed by atoms with Crippen LogP contribution in [0, 0.1) is 28.6 Å². The van der Waals surface area contributed by atoms with Crippen LogP contribution < -0.4 is 0 Å². The highest BCUT2D eigenvalue weighted by atomic mass is 16.6. The zero-order valence-electron chi connectivity index (χ0n) is 13.6. The Morgan fingerprint density at radius 1 is 0.905 bits per heavy atom. The molecule has 0 aromatic rings. The molecule has 5 rings (SSSR count). The fourth-order valence-corrected chi connectivity index (χ4v) is 7.72. The number of rotatable bonds is 0. The summed E-state index contributed by atoms with van der Waals surface area (Å²) < 4.78 is 6.33. The van der Waals surface area contributed by atoms with Gasteiger partial charge >= 0.3 is 0 Å². The number of fused-ring (bicyclic) bond motifs is 4. The van der Waals surface area contributed by atoms with Gasteiger partial charge in [-0.15, -0.1) is 0 Å². The summed E-state index contributed by atoms with van der Waals surface area (Å²) in [6.07, 6.45) is 12.2. The van der Waals surface area contributed by atoms with Crippen molar-refractivity contribution in [1.82, 2.24) is 0 Å². The first-order valence-corrected chi connectivity index (χ1v) is 9.37. The number of ether oxygens (including phenoxy) is 1. The van der Waals surface area contributed by atoms with Gasteiger partial charge in [-0.3, -0.25) is 0 Å². The van der Waals surface area contributed by atoms with Gasteiger partial charge in [-0.25, -0.2) is 0 Å². The first-order valence-electron chi connectivity index (χ1n) is 9.37. The highest BCUT2D eigenvalue weighted by molar-refractivity contribution is 5.22. The van der Waals surface area contributed by atoms with Crippen molar-refractivity contribution in [2.45, 2.75) is 89.4 Å². The summed E-state index contributed by atoms with van der Waals surface area (Å²) >= 11 is 0. The standard InChI is InChI=1S/C19H30O2/c1-17-10-8-14-12(13(17)5-6-15(17)20)7-11-19-16(21-19)4-3-9-18(14,19)2/h12-16,20H,3-11H2,1-2H3/t12-,13-,14-,15-,16+,17-,18+,19-/m0/s1. The van der Waals surface area contributed by atoms with E-state index >= 15 is 0 Å². The molecule has 4 aliphatic carbocycles. The van der Waals surface area contributed by atoms with Crippen molar-refractivity contribution in [2.24, 2.45) is 28.6 Å². The molecule has 0 aromatic heterocycles. The third kappa shape index (κ3) is 1.39. The second-order valence-electron chi connectivity index (χ2n) is 9.36. The molecular formula is C19H30O2. The molecule has 21 heavy (non-hydrogen) atoms. The maximum Gasteiger partial charge on any atom is 0.100 e. The topological polar surface area (TPSA) is 32.8 Å². The second-order valence-corrected chi connectivity index (χ2v) is 9.36. The molecule has 0 amide bonds. The van der Waals surface area contributed by atoms with Gasteiger partial charge in [0, 0.05) is 5.41 Å². The van der Waals surface area contributed by atoms with E-state index in [-0.39, 0.29) is 17.1 Å². The van der Waals surface area contributed by atoms with E-state index in [9.17, 15) is 5.11 Å². The quantitative estimate of drug-likeness (QED) is 0.686. The Morgan fingerprint density at radius 3 is 2.62 bits per heavy atom. The molecule has 5 fully saturated rings. The van der Waals surface area contributed by atoms with E-state index in [1.165, 1.54) is 51.4 Å². The van der Waals surface area contributed by atoms with E-state index < -0.39 is 0 Å². The van der Waals surface area contributed by atoms with Crippen molar-refractivity contribution in [1.29, 1.82) is 0 Å². The predicted octanol–water partition coefficient (Wildman–Crippen LogP) is 3.91. The molecule has 4 saturated carbocycles. The minimum absolute atomic E-state index is 0.0385. The van der Waals surface area contributed by atoms with Gasteiger partial charge in [0.1, 0.15) is 5.60 Å². The zero-order chi connectivity index (χ0) is 14.5. The van der Waals surface area contributed by atoms with Gasteiger partial charge in [-0.05, 0) is 74.5 Å². The van der Waals surface area contributed by atoms with Gasteiger partial charge in [-0.1, -0.05) is 20.3 Å². The maximum atomic E-state index is 10.5. The SMILES string of the molecule is C[C@]12CC[C@H]3[C@@H](CC[C@]45O[C@@H]4CCC[C@]35C)[C@@H]1CC[C@@H]2O. The number of hydrogen-bond donors (Lipinski definition) is 1. The number of aliphatic hydroxyl groups is 1. The molecule has 118 valence electrons. The highest BCUT2D eigenvalue weighted by Crippen LogP contribution is 2.72. The van der Waals surface area contributed by atoms with E-state index in [4.69, 9.17) is 4.74 Å². The third-order valence-electron chi connectivity index (χ3n) is 9.00. The summed E-state index contributed by atoms with van der Waals surface area (Å²) in [5.74, 6) is 2.50. The van der Waals surface area contributed by atoms with Crippen LogP contribution >= 0.6 is 0 Å². The van der Waals surface area contributed by atoms with Crippen LogP contribution in [-0.2, 0) is 4.74 Å². The zero-order valence-corrected chi connectivity index (χ0v) is 13.6. The van der Waals surface area contributed by atoms with Crippen molar-refractivity contribution in [3.05, 3.63) is 0 Å². The minimum Gasteiger partial charge on any atom is -0.393 e. The Morgan fingerprint density at radius 2 is 1.76 bits per heavy atom. The Balaban J connectivity index is 1.51. The van der Waals surface area contributed by atoms with Crippen LogP contribution in [0.2, 0.25) is 0 Å². The monoisotopic (exact) mass is 290 g/mol. The van der Waals surface area contributed by atoms with Crippen LogP contribution in [0.25, 0.3) is 0 Å². The van der Waals surface area contributed by atoms with Gasteiger partial charge < -0.3 is 9.84 Å². The third-order valence-corrected chi connectivity index (χ3v) is 9.00. The molecular weight excluding hydrogens is 260 g/mol. The van der Waals surface area contributed by atoms with Gasteiger partial charge in [0.25, 0.3) is 0 Å². The van der Waals surface area contributed by atoms with Crippen LogP contribution in [-0.4, -0.2) is 22.9 Å². The molecule has 0 unspecified atom stereocenters. The lowest BCUT2D eigenvalue weighted by atomic mass is 9.45. The molecule has 0 radical (unpaired) electrons. The van der Waals surface area contributed by atoms with E-state index in [0.717, 1.165) is 24.2 Å². The molecule has 1 saturated heterocycles. The Hall–Kier alpha value is -0.0800. The molecule has 0 bridgehead atoms. The average molecular weight is 290 g/mol. The van der Waals surface area contributed by atoms with Crippen LogP contribution in [0.3, 0.4) is 0 Å². The summed E-state index contributed by atoms with van der Waals surface area (Å²) in [4.78, 5) is 0. The molecule has 5 aliphatic rings. The van der Waals surface area contributed by atoms with Crippen molar-refractivity contribution >= 4 is 0 Å². The van der Waals surface area contributed by atoms with Gasteiger partial charge in [0.15, 0.2) is 0 Å². The molecule has 1 spiro atoms. The number of aliphatic hydroxyl groups excluding tert-OH is 1.